The van der Waals surface area contributed by atoms with E-state index in [4.69, 9.17) is 49.9 Å². The molecule has 0 saturated carbocycles. The number of halogens is 3. The van der Waals surface area contributed by atoms with Crippen molar-refractivity contribution in [3.05, 3.63) is 22.4 Å². The first-order valence-electron chi connectivity index (χ1n) is 4.70. The molecular weight excluding hydrogens is 341 g/mol. The minimum absolute atomic E-state index is 0.246. The van der Waals surface area contributed by atoms with Gasteiger partial charge in [-0.3, -0.25) is 4.84 Å². The Labute approximate surface area is 127 Å². The number of rotatable bonds is 5. The first-order chi connectivity index (χ1) is 8.72. The largest absolute Gasteiger partial charge is 0.479 e. The third-order valence-corrected chi connectivity index (χ3v) is 3.09. The fourth-order valence-corrected chi connectivity index (χ4v) is 2.11. The average molecular weight is 349 g/mol. The van der Waals surface area contributed by atoms with Gasteiger partial charge >= 0.3 is 12.1 Å². The third-order valence-electron chi connectivity index (χ3n) is 1.84. The summed E-state index contributed by atoms with van der Waals surface area (Å²) in [4.78, 5) is 27.3. The Kier molecular flexibility index (Phi) is 5.69. The molecule has 0 fully saturated rings. The number of aliphatic carboxylic acids is 1. The van der Waals surface area contributed by atoms with Gasteiger partial charge in [-0.25, -0.2) is 9.59 Å². The van der Waals surface area contributed by atoms with Gasteiger partial charge in [0.2, 0.25) is 3.79 Å². The fraction of sp³-hybridized carbons (Fsp3) is 0.333. The quantitative estimate of drug-likeness (QED) is 0.630. The number of alkyl halides is 3. The van der Waals surface area contributed by atoms with Crippen molar-refractivity contribution in [1.82, 2.24) is 5.06 Å². The molecule has 0 aliphatic carbocycles. The lowest BCUT2D eigenvalue weighted by Gasteiger charge is -2.25. The summed E-state index contributed by atoms with van der Waals surface area (Å²) in [6, 6.07) is 1.54. The van der Waals surface area contributed by atoms with E-state index in [-0.39, 0.29) is 9.94 Å². The number of hydrogen-bond acceptors (Lipinski definition) is 4. The minimum Gasteiger partial charge on any atom is -0.479 e. The fourth-order valence-electron chi connectivity index (χ4n) is 1.17. The molecule has 0 aliphatic rings. The molecule has 0 saturated heterocycles. The Morgan fingerprint density at radius 2 is 2.05 bits per heavy atom. The van der Waals surface area contributed by atoms with Gasteiger partial charge in [0, 0.05) is 4.88 Å². The van der Waals surface area contributed by atoms with Crippen LogP contribution in [0.1, 0.15) is 10.9 Å². The summed E-state index contributed by atoms with van der Waals surface area (Å²) in [7, 11) is 0. The Bertz CT molecular complexity index is 447. The second-order valence-electron chi connectivity index (χ2n) is 3.25. The molecule has 1 aromatic heterocycles. The lowest BCUT2D eigenvalue weighted by Crippen LogP contribution is -2.39. The van der Waals surface area contributed by atoms with Gasteiger partial charge in [-0.1, -0.05) is 40.9 Å². The van der Waals surface area contributed by atoms with Crippen LogP contribution in [0, 0.1) is 0 Å². The highest BCUT2D eigenvalue weighted by atomic mass is 35.6. The molecule has 1 aromatic rings. The number of hydroxylamine groups is 2. The average Bonchev–Trinajstić information content (AvgIpc) is 2.74. The van der Waals surface area contributed by atoms with Crippen LogP contribution in [-0.2, 0) is 9.63 Å². The summed E-state index contributed by atoms with van der Waals surface area (Å²) in [5.74, 6) is -1.39. The van der Waals surface area contributed by atoms with Gasteiger partial charge in [-0.05, 0) is 11.4 Å². The molecule has 19 heavy (non-hydrogen) atoms. The van der Waals surface area contributed by atoms with Crippen LogP contribution in [0.15, 0.2) is 17.5 Å². The number of thiophene rings is 1. The van der Waals surface area contributed by atoms with Crippen molar-refractivity contribution in [2.75, 3.05) is 6.61 Å². The highest BCUT2D eigenvalue weighted by Gasteiger charge is 2.35. The van der Waals surface area contributed by atoms with Gasteiger partial charge in [-0.15, -0.1) is 11.3 Å². The minimum atomic E-state index is -1.85. The van der Waals surface area contributed by atoms with Gasteiger partial charge in [0.05, 0.1) is 0 Å². The Morgan fingerprint density at radius 3 is 2.42 bits per heavy atom. The molecule has 0 aliphatic heterocycles. The maximum atomic E-state index is 11.2. The number of nitrogens with zero attached hydrogens (tertiary/aromatic N) is 1. The second-order valence-corrected chi connectivity index (χ2v) is 6.75. The topological polar surface area (TPSA) is 87.1 Å². The summed E-state index contributed by atoms with van der Waals surface area (Å²) < 4.78 is -1.85. The number of amides is 1. The molecule has 1 rings (SSSR count). The van der Waals surface area contributed by atoms with E-state index in [1.54, 1.807) is 11.4 Å². The number of carboxylic acid groups (broad SMARTS) is 2. The van der Waals surface area contributed by atoms with Crippen molar-refractivity contribution < 1.29 is 24.6 Å². The van der Waals surface area contributed by atoms with E-state index >= 15 is 0 Å². The lowest BCUT2D eigenvalue weighted by molar-refractivity contribution is -0.180. The number of hydrogen-bond donors (Lipinski definition) is 2. The molecule has 0 aromatic carbocycles. The van der Waals surface area contributed by atoms with Gasteiger partial charge in [0.15, 0.2) is 6.04 Å². The standard InChI is InChI=1S/C9H8Cl3NO5S/c10-9(11,12)4-18-13(8(16)17)6(7(14)15)5-2-1-3-19-5/h1-3,6H,4H2,(H,14,15)(H,16,17). The van der Waals surface area contributed by atoms with Crippen molar-refractivity contribution in [3.63, 3.8) is 0 Å². The SMILES string of the molecule is O=C(O)C(c1cccs1)N(OCC(Cl)(Cl)Cl)C(=O)O. The van der Waals surface area contributed by atoms with Crippen molar-refractivity contribution in [3.8, 4) is 0 Å². The first-order valence-corrected chi connectivity index (χ1v) is 6.72. The molecule has 0 spiro atoms. The molecule has 0 bridgehead atoms. The highest BCUT2D eigenvalue weighted by molar-refractivity contribution is 7.10. The molecule has 0 radical (unpaired) electrons. The second kappa shape index (κ2) is 6.62. The summed E-state index contributed by atoms with van der Waals surface area (Å²) in [6.07, 6.45) is -1.60. The van der Waals surface area contributed by atoms with E-state index in [1.165, 1.54) is 6.07 Å². The molecule has 10 heteroatoms. The van der Waals surface area contributed by atoms with Gasteiger partial charge in [0.1, 0.15) is 6.61 Å². The van der Waals surface area contributed by atoms with Gasteiger partial charge in [0.25, 0.3) is 0 Å². The van der Waals surface area contributed by atoms with Gasteiger partial charge in [-0.2, -0.15) is 5.06 Å². The van der Waals surface area contributed by atoms with Crippen molar-refractivity contribution in [2.24, 2.45) is 0 Å². The molecule has 1 heterocycles. The van der Waals surface area contributed by atoms with Crippen molar-refractivity contribution >= 4 is 58.2 Å². The van der Waals surface area contributed by atoms with Crippen LogP contribution in [0.2, 0.25) is 0 Å². The summed E-state index contributed by atoms with van der Waals surface area (Å²) >= 11 is 17.4. The predicted octanol–water partition coefficient (Wildman–Crippen LogP) is 3.16. The molecule has 1 unspecified atom stereocenters. The lowest BCUT2D eigenvalue weighted by atomic mass is 10.2. The van der Waals surface area contributed by atoms with Crippen LogP contribution in [-0.4, -0.2) is 37.7 Å². The van der Waals surface area contributed by atoms with E-state index in [2.05, 4.69) is 0 Å². The predicted molar refractivity (Wildman–Crippen MR) is 70.8 cm³/mol. The molecular formula is C9H8Cl3NO5S. The summed E-state index contributed by atoms with van der Waals surface area (Å²) in [5.41, 5.74) is 0. The summed E-state index contributed by atoms with van der Waals surface area (Å²) in [5, 5.41) is 20.0. The van der Waals surface area contributed by atoms with Crippen LogP contribution in [0.3, 0.4) is 0 Å². The van der Waals surface area contributed by atoms with Crippen LogP contribution < -0.4 is 0 Å². The van der Waals surface area contributed by atoms with Crippen molar-refractivity contribution in [2.45, 2.75) is 9.83 Å². The van der Waals surface area contributed by atoms with E-state index in [9.17, 15) is 9.59 Å². The maximum Gasteiger partial charge on any atom is 0.432 e. The van der Waals surface area contributed by atoms with E-state index in [0.29, 0.717) is 0 Å². The van der Waals surface area contributed by atoms with Crippen LogP contribution in [0.5, 0.6) is 0 Å². The normalized spacial score (nSPS) is 13.0. The monoisotopic (exact) mass is 347 g/mol. The van der Waals surface area contributed by atoms with Crippen LogP contribution in [0.25, 0.3) is 0 Å². The van der Waals surface area contributed by atoms with E-state index in [1.807, 2.05) is 0 Å². The van der Waals surface area contributed by atoms with Gasteiger partial charge < -0.3 is 10.2 Å². The molecule has 6 nitrogen and oxygen atoms in total. The molecule has 2 N–H and O–H groups in total. The van der Waals surface area contributed by atoms with Crippen molar-refractivity contribution in [1.29, 1.82) is 0 Å². The maximum absolute atomic E-state index is 11.2. The molecule has 1 atom stereocenters. The molecule has 106 valence electrons. The zero-order valence-corrected chi connectivity index (χ0v) is 12.2. The highest BCUT2D eigenvalue weighted by Crippen LogP contribution is 2.30. The molecule has 1 amide bonds. The zero-order valence-electron chi connectivity index (χ0n) is 9.13. The summed E-state index contributed by atoms with van der Waals surface area (Å²) in [6.45, 7) is -0.598. The van der Waals surface area contributed by atoms with E-state index in [0.717, 1.165) is 11.3 Å². The number of carboxylic acids is 1. The number of carbonyl (C=O) groups is 2. The first kappa shape index (κ1) is 16.3. The Balaban J connectivity index is 2.94. The zero-order chi connectivity index (χ0) is 14.6. The van der Waals surface area contributed by atoms with E-state index < -0.39 is 28.5 Å². The third kappa shape index (κ3) is 5.04. The van der Waals surface area contributed by atoms with Crippen LogP contribution >= 0.6 is 46.1 Å². The smallest absolute Gasteiger partial charge is 0.432 e. The Hall–Kier alpha value is -0.730. The van der Waals surface area contributed by atoms with Crippen LogP contribution in [0.4, 0.5) is 4.79 Å². The Morgan fingerprint density at radius 1 is 1.42 bits per heavy atom.